The molecule has 0 spiro atoms. The lowest BCUT2D eigenvalue weighted by Gasteiger charge is -2.15. The molecule has 0 aliphatic rings. The van der Waals surface area contributed by atoms with Crippen LogP contribution in [-0.4, -0.2) is 13.3 Å². The Bertz CT molecular complexity index is 377. The Balaban J connectivity index is 2.69. The average Bonchev–Trinajstić information content (AvgIpc) is 2.24. The summed E-state index contributed by atoms with van der Waals surface area (Å²) in [7, 11) is 1.55. The fourth-order valence-electron chi connectivity index (χ4n) is 1.62. The van der Waals surface area contributed by atoms with E-state index in [4.69, 9.17) is 10.5 Å². The summed E-state index contributed by atoms with van der Waals surface area (Å²) in [5, 5.41) is 0. The minimum atomic E-state index is -4.15. The minimum absolute atomic E-state index is 0.102. The van der Waals surface area contributed by atoms with E-state index >= 15 is 0 Å². The van der Waals surface area contributed by atoms with Crippen molar-refractivity contribution in [2.24, 2.45) is 5.73 Å². The van der Waals surface area contributed by atoms with Gasteiger partial charge in [0.2, 0.25) is 0 Å². The summed E-state index contributed by atoms with van der Waals surface area (Å²) >= 11 is 0. The van der Waals surface area contributed by atoms with Crippen molar-refractivity contribution >= 4 is 0 Å². The van der Waals surface area contributed by atoms with E-state index in [1.54, 1.807) is 25.3 Å². The van der Waals surface area contributed by atoms with Gasteiger partial charge >= 0.3 is 6.18 Å². The number of rotatable bonds is 4. The topological polar surface area (TPSA) is 35.2 Å². The number of benzene rings is 1. The molecule has 1 aromatic rings. The van der Waals surface area contributed by atoms with Gasteiger partial charge in [0, 0.05) is 12.5 Å². The maximum Gasteiger partial charge on any atom is 0.389 e. The van der Waals surface area contributed by atoms with Gasteiger partial charge in [-0.05, 0) is 30.5 Å². The van der Waals surface area contributed by atoms with Crippen molar-refractivity contribution in [1.82, 2.24) is 0 Å². The molecule has 5 heteroatoms. The maximum absolute atomic E-state index is 12.1. The summed E-state index contributed by atoms with van der Waals surface area (Å²) in [6.45, 7) is 1.83. The lowest BCUT2D eigenvalue weighted by molar-refractivity contribution is -0.136. The highest BCUT2D eigenvalue weighted by Gasteiger charge is 2.27. The fraction of sp³-hybridized carbons (Fsp3) is 0.500. The van der Waals surface area contributed by atoms with Gasteiger partial charge in [-0.15, -0.1) is 0 Å². The molecule has 0 heterocycles. The van der Waals surface area contributed by atoms with E-state index in [1.807, 2.05) is 6.92 Å². The molecule has 1 atom stereocenters. The number of halogens is 3. The van der Waals surface area contributed by atoms with Crippen LogP contribution in [0, 0.1) is 6.92 Å². The number of nitrogens with two attached hydrogens (primary N) is 1. The number of hydrogen-bond acceptors (Lipinski definition) is 2. The number of aryl methyl sites for hydroxylation is 1. The van der Waals surface area contributed by atoms with Gasteiger partial charge in [0.05, 0.1) is 7.11 Å². The lowest BCUT2D eigenvalue weighted by Crippen LogP contribution is -2.15. The molecule has 0 saturated carbocycles. The third-order valence-corrected chi connectivity index (χ3v) is 2.59. The number of ether oxygens (including phenoxy) is 1. The average molecular weight is 247 g/mol. The smallest absolute Gasteiger partial charge is 0.389 e. The third kappa shape index (κ3) is 4.26. The van der Waals surface area contributed by atoms with E-state index in [2.05, 4.69) is 0 Å². The highest BCUT2D eigenvalue weighted by atomic mass is 19.4. The molecular formula is C12H16F3NO. The summed E-state index contributed by atoms with van der Waals surface area (Å²) in [5.74, 6) is 0.705. The van der Waals surface area contributed by atoms with Crippen LogP contribution in [0.2, 0.25) is 0 Å². The zero-order valence-corrected chi connectivity index (χ0v) is 9.84. The molecule has 1 rings (SSSR count). The maximum atomic E-state index is 12.1. The molecule has 0 radical (unpaired) electrons. The molecule has 0 unspecified atom stereocenters. The number of hydrogen-bond donors (Lipinski definition) is 1. The van der Waals surface area contributed by atoms with E-state index in [0.717, 1.165) is 5.56 Å². The first-order valence-electron chi connectivity index (χ1n) is 5.30. The lowest BCUT2D eigenvalue weighted by atomic mass is 10.0. The Morgan fingerprint density at radius 2 is 2.00 bits per heavy atom. The largest absolute Gasteiger partial charge is 0.496 e. The molecule has 0 saturated heterocycles. The Labute approximate surface area is 98.6 Å². The molecule has 2 N–H and O–H groups in total. The summed E-state index contributed by atoms with van der Waals surface area (Å²) < 4.78 is 41.2. The zero-order valence-electron chi connectivity index (χ0n) is 9.84. The van der Waals surface area contributed by atoms with Crippen molar-refractivity contribution in [3.63, 3.8) is 0 Å². The number of methoxy groups -OCH3 is 1. The quantitative estimate of drug-likeness (QED) is 0.885. The van der Waals surface area contributed by atoms with E-state index in [9.17, 15) is 13.2 Å². The monoisotopic (exact) mass is 247 g/mol. The van der Waals surface area contributed by atoms with Gasteiger partial charge < -0.3 is 10.5 Å². The molecule has 1 aromatic carbocycles. The fourth-order valence-corrected chi connectivity index (χ4v) is 1.62. The van der Waals surface area contributed by atoms with Crippen molar-refractivity contribution in [1.29, 1.82) is 0 Å². The zero-order chi connectivity index (χ0) is 13.1. The predicted octanol–water partition coefficient (Wildman–Crippen LogP) is 3.35. The van der Waals surface area contributed by atoms with Crippen LogP contribution in [0.5, 0.6) is 5.75 Å². The van der Waals surface area contributed by atoms with Crippen LogP contribution in [-0.2, 0) is 0 Å². The van der Waals surface area contributed by atoms with Gasteiger partial charge in [0.25, 0.3) is 0 Å². The van der Waals surface area contributed by atoms with Gasteiger partial charge in [-0.25, -0.2) is 0 Å². The van der Waals surface area contributed by atoms with E-state index < -0.39 is 18.6 Å². The van der Waals surface area contributed by atoms with E-state index in [-0.39, 0.29) is 6.42 Å². The Morgan fingerprint density at radius 3 is 2.47 bits per heavy atom. The highest BCUT2D eigenvalue weighted by molar-refractivity contribution is 5.37. The number of alkyl halides is 3. The molecule has 2 nitrogen and oxygen atoms in total. The standard InChI is InChI=1S/C12H16F3NO/c1-8-7-9(3-4-11(8)17-2)10(16)5-6-12(13,14)15/h3-4,7,10H,5-6,16H2,1-2H3/t10-/m0/s1. The summed E-state index contributed by atoms with van der Waals surface area (Å²) in [4.78, 5) is 0. The van der Waals surface area contributed by atoms with Crippen LogP contribution in [0.1, 0.15) is 30.0 Å². The first kappa shape index (κ1) is 13.8. The first-order chi connectivity index (χ1) is 7.83. The summed E-state index contributed by atoms with van der Waals surface area (Å²) in [6, 6.07) is 4.59. The molecule has 96 valence electrons. The van der Waals surface area contributed by atoms with Crippen molar-refractivity contribution in [2.45, 2.75) is 32.0 Å². The second-order valence-corrected chi connectivity index (χ2v) is 3.99. The van der Waals surface area contributed by atoms with Gasteiger partial charge in [-0.3, -0.25) is 0 Å². The van der Waals surface area contributed by atoms with Crippen LogP contribution in [0.15, 0.2) is 18.2 Å². The van der Waals surface area contributed by atoms with Crippen LogP contribution in [0.25, 0.3) is 0 Å². The van der Waals surface area contributed by atoms with Crippen LogP contribution in [0.3, 0.4) is 0 Å². The molecule has 0 amide bonds. The summed E-state index contributed by atoms with van der Waals surface area (Å²) in [6.07, 6.45) is -5.12. The van der Waals surface area contributed by atoms with Gasteiger partial charge in [0.15, 0.2) is 0 Å². The molecule has 17 heavy (non-hydrogen) atoms. The van der Waals surface area contributed by atoms with E-state index in [1.165, 1.54) is 0 Å². The third-order valence-electron chi connectivity index (χ3n) is 2.59. The van der Waals surface area contributed by atoms with Crippen molar-refractivity contribution < 1.29 is 17.9 Å². The Kier molecular flexibility index (Phi) is 4.40. The van der Waals surface area contributed by atoms with Crippen LogP contribution in [0.4, 0.5) is 13.2 Å². The van der Waals surface area contributed by atoms with Crippen molar-refractivity contribution in [2.75, 3.05) is 7.11 Å². The van der Waals surface area contributed by atoms with E-state index in [0.29, 0.717) is 11.3 Å². The van der Waals surface area contributed by atoms with Crippen molar-refractivity contribution in [3.05, 3.63) is 29.3 Å². The molecular weight excluding hydrogens is 231 g/mol. The van der Waals surface area contributed by atoms with Crippen molar-refractivity contribution in [3.8, 4) is 5.75 Å². The predicted molar refractivity (Wildman–Crippen MR) is 59.9 cm³/mol. The van der Waals surface area contributed by atoms with Crippen LogP contribution < -0.4 is 10.5 Å². The summed E-state index contributed by atoms with van der Waals surface area (Å²) in [5.41, 5.74) is 7.29. The highest BCUT2D eigenvalue weighted by Crippen LogP contribution is 2.28. The first-order valence-corrected chi connectivity index (χ1v) is 5.30. The SMILES string of the molecule is COc1ccc([C@@H](N)CCC(F)(F)F)cc1C. The second-order valence-electron chi connectivity index (χ2n) is 3.99. The van der Waals surface area contributed by atoms with Gasteiger partial charge in [-0.1, -0.05) is 12.1 Å². The second kappa shape index (κ2) is 5.40. The Morgan fingerprint density at radius 1 is 1.35 bits per heavy atom. The Hall–Kier alpha value is -1.23. The molecule has 0 aliphatic heterocycles. The molecule has 0 fully saturated rings. The van der Waals surface area contributed by atoms with Gasteiger partial charge in [0.1, 0.15) is 5.75 Å². The van der Waals surface area contributed by atoms with Crippen LogP contribution >= 0.6 is 0 Å². The molecule has 0 aliphatic carbocycles. The molecule has 0 bridgehead atoms. The normalized spacial score (nSPS) is 13.5. The molecule has 0 aromatic heterocycles. The van der Waals surface area contributed by atoms with Gasteiger partial charge in [-0.2, -0.15) is 13.2 Å². The minimum Gasteiger partial charge on any atom is -0.496 e.